The van der Waals surface area contributed by atoms with Gasteiger partial charge in [-0.25, -0.2) is 4.79 Å². The number of phenolic OH excluding ortho intramolecular Hbond substituents is 1. The van der Waals surface area contributed by atoms with Gasteiger partial charge in [-0.2, -0.15) is 14.0 Å². The second kappa shape index (κ2) is 5.12. The number of nitrogens with zero attached hydrogens (tertiary/aromatic N) is 1. The van der Waals surface area contributed by atoms with Crippen molar-refractivity contribution in [2.45, 2.75) is 6.61 Å². The van der Waals surface area contributed by atoms with Crippen LogP contribution in [0.1, 0.15) is 15.9 Å². The third-order valence-electron chi connectivity index (χ3n) is 1.86. The third-order valence-corrected chi connectivity index (χ3v) is 1.86. The molecule has 7 heteroatoms. The van der Waals surface area contributed by atoms with E-state index < -0.39 is 35.2 Å². The van der Waals surface area contributed by atoms with Crippen molar-refractivity contribution in [3.05, 3.63) is 23.3 Å². The standard InChI is InChI=1S/C10H7F2NO4/c1-16-9(15)8-5(4-13)7(17-10(11)12)3-2-6(8)14/h2-3,10,14H,1H3. The Morgan fingerprint density at radius 2 is 2.18 bits per heavy atom. The van der Waals surface area contributed by atoms with Gasteiger partial charge in [-0.3, -0.25) is 0 Å². The molecule has 17 heavy (non-hydrogen) atoms. The number of nitriles is 1. The Balaban J connectivity index is 3.37. The van der Waals surface area contributed by atoms with Crippen molar-refractivity contribution in [3.8, 4) is 17.6 Å². The van der Waals surface area contributed by atoms with Crippen molar-refractivity contribution < 1.29 is 28.2 Å². The summed E-state index contributed by atoms with van der Waals surface area (Å²) in [4.78, 5) is 11.3. The first-order valence-corrected chi connectivity index (χ1v) is 4.30. The lowest BCUT2D eigenvalue weighted by atomic mass is 10.1. The molecule has 0 aliphatic rings. The first-order valence-electron chi connectivity index (χ1n) is 4.30. The minimum Gasteiger partial charge on any atom is -0.507 e. The topological polar surface area (TPSA) is 79.6 Å². The zero-order chi connectivity index (χ0) is 13.0. The number of carbonyl (C=O) groups excluding carboxylic acids is 1. The summed E-state index contributed by atoms with van der Waals surface area (Å²) in [6.45, 7) is -3.14. The maximum Gasteiger partial charge on any atom is 0.387 e. The molecule has 0 heterocycles. The summed E-state index contributed by atoms with van der Waals surface area (Å²) in [7, 11) is 1.03. The van der Waals surface area contributed by atoms with Crippen molar-refractivity contribution >= 4 is 5.97 Å². The average Bonchev–Trinajstić information content (AvgIpc) is 2.29. The Labute approximate surface area is 94.8 Å². The number of rotatable bonds is 3. The lowest BCUT2D eigenvalue weighted by molar-refractivity contribution is -0.0501. The minimum atomic E-state index is -3.14. The fourth-order valence-electron chi connectivity index (χ4n) is 1.19. The van der Waals surface area contributed by atoms with E-state index in [2.05, 4.69) is 9.47 Å². The SMILES string of the molecule is COC(=O)c1c(O)ccc(OC(F)F)c1C#N. The number of carbonyl (C=O) groups is 1. The van der Waals surface area contributed by atoms with E-state index in [0.29, 0.717) is 0 Å². The molecular weight excluding hydrogens is 236 g/mol. The molecule has 0 atom stereocenters. The molecule has 5 nitrogen and oxygen atoms in total. The Hall–Kier alpha value is -2.36. The molecule has 90 valence electrons. The Morgan fingerprint density at radius 1 is 1.53 bits per heavy atom. The molecule has 0 unspecified atom stereocenters. The highest BCUT2D eigenvalue weighted by molar-refractivity contribution is 5.96. The van der Waals surface area contributed by atoms with Gasteiger partial charge in [-0.1, -0.05) is 0 Å². The van der Waals surface area contributed by atoms with E-state index in [4.69, 9.17) is 5.26 Å². The van der Waals surface area contributed by atoms with Crippen LogP contribution in [0.4, 0.5) is 8.78 Å². The van der Waals surface area contributed by atoms with Crippen molar-refractivity contribution in [2.24, 2.45) is 0 Å². The van der Waals surface area contributed by atoms with Crippen LogP contribution in [0.15, 0.2) is 12.1 Å². The molecule has 0 aliphatic heterocycles. The molecular formula is C10H7F2NO4. The number of esters is 1. The van der Waals surface area contributed by atoms with Gasteiger partial charge in [-0.15, -0.1) is 0 Å². The minimum absolute atomic E-state index is 0.499. The van der Waals surface area contributed by atoms with Crippen LogP contribution < -0.4 is 4.74 Å². The number of methoxy groups -OCH3 is 1. The lowest BCUT2D eigenvalue weighted by Crippen LogP contribution is -2.09. The quantitative estimate of drug-likeness (QED) is 0.816. The first-order chi connectivity index (χ1) is 8.01. The molecule has 0 fully saturated rings. The highest BCUT2D eigenvalue weighted by Crippen LogP contribution is 2.30. The van der Waals surface area contributed by atoms with Crippen LogP contribution in [0, 0.1) is 11.3 Å². The van der Waals surface area contributed by atoms with Gasteiger partial charge in [0, 0.05) is 0 Å². The molecule has 0 spiro atoms. The number of alkyl halides is 2. The van der Waals surface area contributed by atoms with Crippen LogP contribution in [0.25, 0.3) is 0 Å². The number of hydrogen-bond acceptors (Lipinski definition) is 5. The van der Waals surface area contributed by atoms with E-state index in [0.717, 1.165) is 19.2 Å². The highest BCUT2D eigenvalue weighted by Gasteiger charge is 2.22. The van der Waals surface area contributed by atoms with Crippen LogP contribution in [-0.2, 0) is 4.74 Å². The fraction of sp³-hybridized carbons (Fsp3) is 0.200. The van der Waals surface area contributed by atoms with Gasteiger partial charge in [0.2, 0.25) is 0 Å². The smallest absolute Gasteiger partial charge is 0.387 e. The van der Waals surface area contributed by atoms with Crippen LogP contribution >= 0.6 is 0 Å². The maximum atomic E-state index is 12.0. The predicted molar refractivity (Wildman–Crippen MR) is 50.8 cm³/mol. The third kappa shape index (κ3) is 2.60. The molecule has 0 amide bonds. The molecule has 0 bridgehead atoms. The van der Waals surface area contributed by atoms with Crippen LogP contribution in [0.2, 0.25) is 0 Å². The zero-order valence-electron chi connectivity index (χ0n) is 8.61. The van der Waals surface area contributed by atoms with Crippen molar-refractivity contribution in [3.63, 3.8) is 0 Å². The van der Waals surface area contributed by atoms with E-state index >= 15 is 0 Å². The largest absolute Gasteiger partial charge is 0.507 e. The van der Waals surface area contributed by atoms with Gasteiger partial charge < -0.3 is 14.6 Å². The summed E-state index contributed by atoms with van der Waals surface area (Å²) >= 11 is 0. The predicted octanol–water partition coefficient (Wildman–Crippen LogP) is 1.65. The van der Waals surface area contributed by atoms with Gasteiger partial charge in [0.05, 0.1) is 7.11 Å². The van der Waals surface area contributed by atoms with E-state index in [1.54, 1.807) is 0 Å². The van der Waals surface area contributed by atoms with Gasteiger partial charge in [0.25, 0.3) is 0 Å². The Bertz CT molecular complexity index is 482. The molecule has 1 aromatic rings. The van der Waals surface area contributed by atoms with E-state index in [-0.39, 0.29) is 0 Å². The number of benzene rings is 1. The van der Waals surface area contributed by atoms with E-state index in [1.165, 1.54) is 6.07 Å². The number of hydrogen-bond donors (Lipinski definition) is 1. The molecule has 0 radical (unpaired) electrons. The highest BCUT2D eigenvalue weighted by atomic mass is 19.3. The number of aromatic hydroxyl groups is 1. The van der Waals surface area contributed by atoms with Crippen molar-refractivity contribution in [2.75, 3.05) is 7.11 Å². The molecule has 0 saturated carbocycles. The normalized spacial score (nSPS) is 9.82. The van der Waals surface area contributed by atoms with Crippen molar-refractivity contribution in [1.29, 1.82) is 5.26 Å². The van der Waals surface area contributed by atoms with Crippen LogP contribution in [-0.4, -0.2) is 24.8 Å². The van der Waals surface area contributed by atoms with Gasteiger partial charge >= 0.3 is 12.6 Å². The number of halogens is 2. The Morgan fingerprint density at radius 3 is 2.65 bits per heavy atom. The second-order valence-electron chi connectivity index (χ2n) is 2.81. The van der Waals surface area contributed by atoms with Gasteiger partial charge in [0.1, 0.15) is 28.7 Å². The van der Waals surface area contributed by atoms with E-state index in [1.807, 2.05) is 0 Å². The second-order valence-corrected chi connectivity index (χ2v) is 2.81. The summed E-state index contributed by atoms with van der Waals surface area (Å²) in [6.07, 6.45) is 0. The van der Waals surface area contributed by atoms with E-state index in [9.17, 15) is 18.7 Å². The average molecular weight is 243 g/mol. The number of ether oxygens (including phenoxy) is 2. The molecule has 1 N–H and O–H groups in total. The lowest BCUT2D eigenvalue weighted by Gasteiger charge is -2.10. The first kappa shape index (κ1) is 12.7. The monoisotopic (exact) mass is 243 g/mol. The molecule has 0 aliphatic carbocycles. The van der Waals surface area contributed by atoms with Crippen LogP contribution in [0.3, 0.4) is 0 Å². The van der Waals surface area contributed by atoms with Gasteiger partial charge in [-0.05, 0) is 12.1 Å². The summed E-state index contributed by atoms with van der Waals surface area (Å²) in [5.41, 5.74) is -1.01. The zero-order valence-corrected chi connectivity index (χ0v) is 8.61. The molecule has 1 rings (SSSR count). The van der Waals surface area contributed by atoms with Crippen molar-refractivity contribution in [1.82, 2.24) is 0 Å². The Kier molecular flexibility index (Phi) is 3.82. The summed E-state index contributed by atoms with van der Waals surface area (Å²) in [6, 6.07) is 3.43. The summed E-state index contributed by atoms with van der Waals surface area (Å²) < 4.78 is 32.5. The molecule has 1 aromatic carbocycles. The fourth-order valence-corrected chi connectivity index (χ4v) is 1.19. The number of phenols is 1. The summed E-state index contributed by atoms with van der Waals surface area (Å²) in [5.74, 6) is -2.06. The molecule has 0 saturated heterocycles. The summed E-state index contributed by atoms with van der Waals surface area (Å²) in [5, 5.41) is 18.2. The maximum absolute atomic E-state index is 12.0. The van der Waals surface area contributed by atoms with Gasteiger partial charge in [0.15, 0.2) is 0 Å². The molecule has 0 aromatic heterocycles. The van der Waals surface area contributed by atoms with Crippen LogP contribution in [0.5, 0.6) is 11.5 Å².